The van der Waals surface area contributed by atoms with Gasteiger partial charge in [0.2, 0.25) is 5.76 Å². The third kappa shape index (κ3) is 1.05. The van der Waals surface area contributed by atoms with Crippen molar-refractivity contribution in [1.82, 2.24) is 20.6 Å². The molecule has 0 saturated carbocycles. The maximum absolute atomic E-state index is 5.48. The van der Waals surface area contributed by atoms with E-state index in [2.05, 4.69) is 20.6 Å². The van der Waals surface area contributed by atoms with Crippen molar-refractivity contribution < 1.29 is 4.52 Å². The summed E-state index contributed by atoms with van der Waals surface area (Å²) >= 11 is 2.04. The van der Waals surface area contributed by atoms with E-state index in [9.17, 15) is 0 Å². The molecule has 0 aromatic carbocycles. The summed E-state index contributed by atoms with van der Waals surface area (Å²) in [4.78, 5) is 0. The fraction of sp³-hybridized carbons (Fsp3) is 0. The minimum atomic E-state index is 0.369. The Bertz CT molecular complexity index is 380. The van der Waals surface area contributed by atoms with Gasteiger partial charge in [-0.2, -0.15) is 15.4 Å². The van der Waals surface area contributed by atoms with Crippen LogP contribution in [0.1, 0.15) is 0 Å². The molecule has 0 aliphatic heterocycles. The van der Waals surface area contributed by atoms with Crippen LogP contribution < -0.4 is 5.73 Å². The van der Waals surface area contributed by atoms with Crippen LogP contribution in [-0.2, 0) is 0 Å². The number of hydrogen-bond donors (Lipinski definition) is 2. The van der Waals surface area contributed by atoms with Crippen LogP contribution in [0.2, 0.25) is 0 Å². The molecule has 2 heterocycles. The minimum absolute atomic E-state index is 0.369. The van der Waals surface area contributed by atoms with E-state index < -0.39 is 0 Å². The zero-order valence-electron chi connectivity index (χ0n) is 5.78. The average molecular weight is 277 g/mol. The second-order valence-corrected chi connectivity index (χ2v) is 3.14. The summed E-state index contributed by atoms with van der Waals surface area (Å²) in [5.41, 5.74) is 6.08. The van der Waals surface area contributed by atoms with Crippen LogP contribution in [-0.4, -0.2) is 20.6 Å². The number of anilines is 1. The Morgan fingerprint density at radius 2 is 2.42 bits per heavy atom. The third-order valence-electron chi connectivity index (χ3n) is 1.31. The van der Waals surface area contributed by atoms with Gasteiger partial charge < -0.3 is 10.3 Å². The lowest BCUT2D eigenvalue weighted by molar-refractivity contribution is 0.434. The molecule has 0 aliphatic carbocycles. The Morgan fingerprint density at radius 1 is 1.58 bits per heavy atom. The lowest BCUT2D eigenvalue weighted by Gasteiger charge is -1.85. The highest BCUT2D eigenvalue weighted by Gasteiger charge is 2.14. The molecule has 0 amide bonds. The van der Waals surface area contributed by atoms with Crippen molar-refractivity contribution in [2.75, 3.05) is 5.73 Å². The monoisotopic (exact) mass is 277 g/mol. The van der Waals surface area contributed by atoms with Gasteiger partial charge in [-0.15, -0.1) is 0 Å². The first kappa shape index (κ1) is 7.53. The second-order valence-electron chi connectivity index (χ2n) is 2.07. The van der Waals surface area contributed by atoms with E-state index in [0.717, 1.165) is 3.57 Å². The summed E-state index contributed by atoms with van der Waals surface area (Å²) in [7, 11) is 0. The molecular formula is C5H4IN5O. The number of rotatable bonds is 1. The lowest BCUT2D eigenvalue weighted by Crippen LogP contribution is -1.86. The van der Waals surface area contributed by atoms with Crippen molar-refractivity contribution in [3.63, 3.8) is 0 Å². The smallest absolute Gasteiger partial charge is 0.204 e. The number of nitrogens with two attached hydrogens (primary N) is 1. The van der Waals surface area contributed by atoms with Gasteiger partial charge in [0, 0.05) is 0 Å². The first-order chi connectivity index (χ1) is 5.79. The molecule has 0 spiro atoms. The number of aromatic nitrogens is 4. The molecule has 0 atom stereocenters. The Morgan fingerprint density at radius 3 is 2.92 bits per heavy atom. The summed E-state index contributed by atoms with van der Waals surface area (Å²) in [6.07, 6.45) is 1.54. The number of halogens is 1. The van der Waals surface area contributed by atoms with Gasteiger partial charge in [0.25, 0.3) is 0 Å². The summed E-state index contributed by atoms with van der Waals surface area (Å²) in [5, 5.41) is 13.5. The number of hydrogen-bond acceptors (Lipinski definition) is 5. The van der Waals surface area contributed by atoms with E-state index in [0.29, 0.717) is 17.3 Å². The van der Waals surface area contributed by atoms with Crippen LogP contribution in [0, 0.1) is 3.57 Å². The maximum Gasteiger partial charge on any atom is 0.204 e. The molecule has 0 unspecified atom stereocenters. The number of H-pyrrole nitrogens is 1. The maximum atomic E-state index is 5.48. The van der Waals surface area contributed by atoms with Crippen LogP contribution in [0.15, 0.2) is 10.7 Å². The number of nitrogen functional groups attached to an aromatic ring is 1. The van der Waals surface area contributed by atoms with E-state index in [1.54, 1.807) is 6.20 Å². The van der Waals surface area contributed by atoms with Gasteiger partial charge >= 0.3 is 0 Å². The predicted octanol–water partition coefficient (Wildman–Crippen LogP) is 0.646. The van der Waals surface area contributed by atoms with Crippen LogP contribution >= 0.6 is 22.6 Å². The van der Waals surface area contributed by atoms with Crippen LogP contribution in [0.25, 0.3) is 11.5 Å². The quantitative estimate of drug-likeness (QED) is 0.746. The fourth-order valence-electron chi connectivity index (χ4n) is 0.762. The first-order valence-corrected chi connectivity index (χ1v) is 4.13. The number of nitrogens with zero attached hydrogens (tertiary/aromatic N) is 3. The lowest BCUT2D eigenvalue weighted by atomic mass is 10.3. The molecular weight excluding hydrogens is 273 g/mol. The summed E-state index contributed by atoms with van der Waals surface area (Å²) in [5.74, 6) is 0.912. The van der Waals surface area contributed by atoms with E-state index in [1.165, 1.54) is 0 Å². The number of nitrogens with one attached hydrogen (secondary N) is 1. The molecule has 0 radical (unpaired) electrons. The third-order valence-corrected chi connectivity index (χ3v) is 2.35. The minimum Gasteiger partial charge on any atom is -0.380 e. The molecule has 2 aromatic rings. The Balaban J connectivity index is 2.55. The predicted molar refractivity (Wildman–Crippen MR) is 49.0 cm³/mol. The molecule has 6 nitrogen and oxygen atoms in total. The second kappa shape index (κ2) is 2.73. The van der Waals surface area contributed by atoms with Crippen molar-refractivity contribution in [3.8, 4) is 11.5 Å². The average Bonchev–Trinajstić information content (AvgIpc) is 2.64. The summed E-state index contributed by atoms with van der Waals surface area (Å²) in [6.45, 7) is 0. The van der Waals surface area contributed by atoms with Gasteiger partial charge in [-0.1, -0.05) is 5.16 Å². The van der Waals surface area contributed by atoms with E-state index in [-0.39, 0.29) is 0 Å². The Hall–Kier alpha value is -1.12. The van der Waals surface area contributed by atoms with E-state index in [4.69, 9.17) is 10.3 Å². The van der Waals surface area contributed by atoms with Gasteiger partial charge in [-0.25, -0.2) is 0 Å². The topological polar surface area (TPSA) is 93.6 Å². The van der Waals surface area contributed by atoms with Crippen LogP contribution in [0.3, 0.4) is 0 Å². The molecule has 7 heteroatoms. The molecule has 12 heavy (non-hydrogen) atoms. The highest BCUT2D eigenvalue weighted by molar-refractivity contribution is 14.1. The van der Waals surface area contributed by atoms with Gasteiger partial charge in [0.1, 0.15) is 3.57 Å². The van der Waals surface area contributed by atoms with Crippen molar-refractivity contribution >= 4 is 28.4 Å². The van der Waals surface area contributed by atoms with E-state index in [1.807, 2.05) is 22.6 Å². The first-order valence-electron chi connectivity index (χ1n) is 3.06. The number of aromatic amines is 1. The fourth-order valence-corrected chi connectivity index (χ4v) is 1.23. The summed E-state index contributed by atoms with van der Waals surface area (Å²) < 4.78 is 5.69. The van der Waals surface area contributed by atoms with Crippen LogP contribution in [0.4, 0.5) is 5.82 Å². The van der Waals surface area contributed by atoms with Gasteiger partial charge in [-0.05, 0) is 22.6 Å². The highest BCUT2D eigenvalue weighted by Crippen LogP contribution is 2.26. The Kier molecular flexibility index (Phi) is 1.71. The SMILES string of the molecule is Nc1noc(-c2cn[nH]n2)c1I. The van der Waals surface area contributed by atoms with Gasteiger partial charge in [0.15, 0.2) is 11.5 Å². The van der Waals surface area contributed by atoms with E-state index >= 15 is 0 Å². The zero-order chi connectivity index (χ0) is 8.55. The molecule has 0 aliphatic rings. The molecule has 62 valence electrons. The van der Waals surface area contributed by atoms with Crippen molar-refractivity contribution in [3.05, 3.63) is 9.77 Å². The van der Waals surface area contributed by atoms with Gasteiger partial charge in [-0.3, -0.25) is 0 Å². The standard InChI is InChI=1S/C5H4IN5O/c6-3-4(12-10-5(3)7)2-1-8-11-9-2/h1H,(H2,7,10)(H,8,9,11). The summed E-state index contributed by atoms with van der Waals surface area (Å²) in [6, 6.07) is 0. The highest BCUT2D eigenvalue weighted by atomic mass is 127. The van der Waals surface area contributed by atoms with Crippen molar-refractivity contribution in [2.24, 2.45) is 0 Å². The molecule has 2 aromatic heterocycles. The molecule has 0 bridgehead atoms. The van der Waals surface area contributed by atoms with Crippen molar-refractivity contribution in [1.29, 1.82) is 0 Å². The molecule has 3 N–H and O–H groups in total. The largest absolute Gasteiger partial charge is 0.380 e. The normalized spacial score (nSPS) is 10.4. The van der Waals surface area contributed by atoms with Crippen LogP contribution in [0.5, 0.6) is 0 Å². The van der Waals surface area contributed by atoms with Crippen molar-refractivity contribution in [2.45, 2.75) is 0 Å². The van der Waals surface area contributed by atoms with Gasteiger partial charge in [0.05, 0.1) is 6.20 Å². The molecule has 0 saturated heterocycles. The molecule has 0 fully saturated rings. The zero-order valence-corrected chi connectivity index (χ0v) is 7.94. The Labute approximate surface area is 80.6 Å². The molecule has 2 rings (SSSR count).